The van der Waals surface area contributed by atoms with Gasteiger partial charge >= 0.3 is 0 Å². The Morgan fingerprint density at radius 3 is 2.75 bits per heavy atom. The molecule has 104 valence electrons. The minimum absolute atomic E-state index is 0.245. The fourth-order valence-electron chi connectivity index (χ4n) is 2.47. The maximum Gasteiger partial charge on any atom is 0.138 e. The average Bonchev–Trinajstić information content (AvgIpc) is 2.77. The number of benzene rings is 1. The highest BCUT2D eigenvalue weighted by atomic mass is 32.1. The molecule has 1 aliphatic carbocycles. The summed E-state index contributed by atoms with van der Waals surface area (Å²) in [6.45, 7) is 1.85. The monoisotopic (exact) mass is 287 g/mol. The second-order valence-corrected chi connectivity index (χ2v) is 6.29. The van der Waals surface area contributed by atoms with E-state index in [2.05, 4.69) is 4.99 Å². The van der Waals surface area contributed by atoms with Crippen LogP contribution in [0.3, 0.4) is 0 Å². The van der Waals surface area contributed by atoms with E-state index in [4.69, 9.17) is 0 Å². The zero-order chi connectivity index (χ0) is 14.1. The molecular weight excluding hydrogens is 270 g/mol. The highest BCUT2D eigenvalue weighted by Gasteiger charge is 2.19. The van der Waals surface area contributed by atoms with E-state index in [1.54, 1.807) is 23.6 Å². The van der Waals surface area contributed by atoms with Crippen LogP contribution in [0.15, 0.2) is 23.2 Å². The number of nitrogens with zero attached hydrogens (tertiary/aromatic N) is 1. The van der Waals surface area contributed by atoms with E-state index in [-0.39, 0.29) is 5.75 Å². The van der Waals surface area contributed by atoms with Crippen LogP contribution in [0.5, 0.6) is 11.5 Å². The van der Waals surface area contributed by atoms with Gasteiger partial charge in [-0.25, -0.2) is 0 Å². The largest absolute Gasteiger partial charge is 0.508 e. The number of phenolic OH excluding ortho intramolecular Hbond substituents is 1. The number of aliphatic imine (C=N–C) groups is 1. The number of hydrogen-bond acceptors (Lipinski definition) is 4. The lowest BCUT2D eigenvalue weighted by molar-refractivity contribution is 0.465. The van der Waals surface area contributed by atoms with E-state index in [0.717, 1.165) is 35.3 Å². The third-order valence-corrected chi connectivity index (χ3v) is 4.91. The predicted octanol–water partition coefficient (Wildman–Crippen LogP) is 4.10. The van der Waals surface area contributed by atoms with Gasteiger partial charge in [0.25, 0.3) is 0 Å². The quantitative estimate of drug-likeness (QED) is 0.817. The lowest BCUT2D eigenvalue weighted by Gasteiger charge is -2.09. The molecular formula is C16H17NO2S. The van der Waals surface area contributed by atoms with Gasteiger partial charge in [-0.15, -0.1) is 11.3 Å². The zero-order valence-electron chi connectivity index (χ0n) is 11.4. The molecule has 1 aliphatic rings. The highest BCUT2D eigenvalue weighted by molar-refractivity contribution is 7.14. The van der Waals surface area contributed by atoms with Crippen LogP contribution < -0.4 is 0 Å². The van der Waals surface area contributed by atoms with Gasteiger partial charge in [-0.2, -0.15) is 0 Å². The van der Waals surface area contributed by atoms with Crippen molar-refractivity contribution in [2.75, 3.05) is 0 Å². The van der Waals surface area contributed by atoms with Gasteiger partial charge in [0.15, 0.2) is 0 Å². The van der Waals surface area contributed by atoms with Crippen molar-refractivity contribution in [2.45, 2.75) is 32.6 Å². The number of aryl methyl sites for hydroxylation is 2. The fraction of sp³-hybridized carbons (Fsp3) is 0.312. The van der Waals surface area contributed by atoms with Gasteiger partial charge in [-0.3, -0.25) is 4.99 Å². The molecule has 2 N–H and O–H groups in total. The van der Waals surface area contributed by atoms with Gasteiger partial charge in [0.1, 0.15) is 11.5 Å². The van der Waals surface area contributed by atoms with Crippen molar-refractivity contribution in [2.24, 2.45) is 4.99 Å². The Bertz CT molecular complexity index is 673. The van der Waals surface area contributed by atoms with Crippen LogP contribution in [0.1, 0.15) is 33.7 Å². The fourth-order valence-corrected chi connectivity index (χ4v) is 3.63. The van der Waals surface area contributed by atoms with Gasteiger partial charge < -0.3 is 10.2 Å². The first-order valence-electron chi connectivity index (χ1n) is 6.82. The molecule has 0 amide bonds. The van der Waals surface area contributed by atoms with Gasteiger partial charge in [0.2, 0.25) is 0 Å². The topological polar surface area (TPSA) is 52.8 Å². The summed E-state index contributed by atoms with van der Waals surface area (Å²) in [7, 11) is 0. The standard InChI is InChI=1S/C16H17NO2S/c1-10-6-7-11(8-13(10)18)17-9-15-16(19)12-4-2-3-5-14(12)20-15/h6-9,18-19H,2-5H2,1H3. The second kappa shape index (κ2) is 5.29. The second-order valence-electron chi connectivity index (χ2n) is 5.15. The van der Waals surface area contributed by atoms with Crippen LogP contribution in [0, 0.1) is 6.92 Å². The molecule has 0 unspecified atom stereocenters. The summed E-state index contributed by atoms with van der Waals surface area (Å²) in [6.07, 6.45) is 6.08. The third kappa shape index (κ3) is 2.43. The molecule has 1 aromatic carbocycles. The van der Waals surface area contributed by atoms with Crippen molar-refractivity contribution in [3.63, 3.8) is 0 Å². The molecule has 1 aromatic heterocycles. The van der Waals surface area contributed by atoms with Crippen molar-refractivity contribution >= 4 is 23.2 Å². The first kappa shape index (κ1) is 13.2. The Labute approximate surface area is 122 Å². The lowest BCUT2D eigenvalue weighted by Crippen LogP contribution is -1.97. The summed E-state index contributed by atoms with van der Waals surface area (Å²) in [5.74, 6) is 0.638. The van der Waals surface area contributed by atoms with E-state index in [1.165, 1.54) is 11.3 Å². The van der Waals surface area contributed by atoms with E-state index >= 15 is 0 Å². The highest BCUT2D eigenvalue weighted by Crippen LogP contribution is 2.38. The number of thiophene rings is 1. The van der Waals surface area contributed by atoms with Crippen LogP contribution in [0.25, 0.3) is 0 Å². The molecule has 20 heavy (non-hydrogen) atoms. The number of phenols is 1. The smallest absolute Gasteiger partial charge is 0.138 e. The molecule has 0 saturated heterocycles. The Kier molecular flexibility index (Phi) is 3.49. The van der Waals surface area contributed by atoms with E-state index in [1.807, 2.05) is 19.1 Å². The molecule has 3 rings (SSSR count). The van der Waals surface area contributed by atoms with Gasteiger partial charge in [-0.05, 0) is 44.2 Å². The summed E-state index contributed by atoms with van der Waals surface area (Å²) in [5.41, 5.74) is 2.63. The molecule has 2 aromatic rings. The van der Waals surface area contributed by atoms with Crippen LogP contribution >= 0.6 is 11.3 Å². The SMILES string of the molecule is Cc1ccc(N=Cc2sc3c(c2O)CCCC3)cc1O. The number of fused-ring (bicyclic) bond motifs is 1. The normalized spacial score (nSPS) is 14.7. The van der Waals surface area contributed by atoms with E-state index in [0.29, 0.717) is 11.4 Å². The minimum Gasteiger partial charge on any atom is -0.508 e. The van der Waals surface area contributed by atoms with Crippen LogP contribution in [0.4, 0.5) is 5.69 Å². The van der Waals surface area contributed by atoms with Crippen LogP contribution in [-0.2, 0) is 12.8 Å². The van der Waals surface area contributed by atoms with E-state index < -0.39 is 0 Å². The first-order chi connectivity index (χ1) is 9.65. The zero-order valence-corrected chi connectivity index (χ0v) is 12.2. The van der Waals surface area contributed by atoms with Gasteiger partial charge in [0, 0.05) is 22.7 Å². The van der Waals surface area contributed by atoms with Gasteiger partial charge in [-0.1, -0.05) is 6.07 Å². The summed E-state index contributed by atoms with van der Waals surface area (Å²) in [4.78, 5) is 6.46. The molecule has 0 fully saturated rings. The maximum atomic E-state index is 10.2. The van der Waals surface area contributed by atoms with Gasteiger partial charge in [0.05, 0.1) is 10.6 Å². The molecule has 0 aliphatic heterocycles. The molecule has 0 spiro atoms. The Morgan fingerprint density at radius 1 is 1.20 bits per heavy atom. The van der Waals surface area contributed by atoms with Crippen molar-refractivity contribution in [3.05, 3.63) is 39.1 Å². The molecule has 0 atom stereocenters. The predicted molar refractivity (Wildman–Crippen MR) is 82.7 cm³/mol. The summed E-state index contributed by atoms with van der Waals surface area (Å²) in [6, 6.07) is 5.33. The van der Waals surface area contributed by atoms with E-state index in [9.17, 15) is 10.2 Å². The van der Waals surface area contributed by atoms with Crippen molar-refractivity contribution in [3.8, 4) is 11.5 Å². The number of hydrogen-bond donors (Lipinski definition) is 2. The molecule has 0 radical (unpaired) electrons. The molecule has 3 nitrogen and oxygen atoms in total. The number of aromatic hydroxyl groups is 2. The first-order valence-corrected chi connectivity index (χ1v) is 7.64. The summed E-state index contributed by atoms with van der Waals surface area (Å²) >= 11 is 1.63. The molecule has 0 bridgehead atoms. The van der Waals surface area contributed by atoms with Crippen molar-refractivity contribution in [1.29, 1.82) is 0 Å². The Morgan fingerprint density at radius 2 is 2.00 bits per heavy atom. The Balaban J connectivity index is 1.88. The summed E-state index contributed by atoms with van der Waals surface area (Å²) in [5, 5.41) is 19.9. The Hall–Kier alpha value is -1.81. The molecule has 1 heterocycles. The van der Waals surface area contributed by atoms with Crippen LogP contribution in [-0.4, -0.2) is 16.4 Å². The average molecular weight is 287 g/mol. The van der Waals surface area contributed by atoms with Crippen molar-refractivity contribution < 1.29 is 10.2 Å². The molecule has 0 saturated carbocycles. The number of rotatable bonds is 2. The summed E-state index contributed by atoms with van der Waals surface area (Å²) < 4.78 is 0. The third-order valence-electron chi connectivity index (χ3n) is 3.69. The molecule has 4 heteroatoms. The van der Waals surface area contributed by atoms with Crippen LogP contribution in [0.2, 0.25) is 0 Å². The maximum absolute atomic E-state index is 10.2. The van der Waals surface area contributed by atoms with Crippen molar-refractivity contribution in [1.82, 2.24) is 0 Å². The minimum atomic E-state index is 0.245. The lowest BCUT2D eigenvalue weighted by atomic mass is 9.98.